The number of ether oxygens (including phenoxy) is 1. The van der Waals surface area contributed by atoms with Crippen molar-refractivity contribution >= 4 is 17.4 Å². The molecule has 0 spiro atoms. The van der Waals surface area contributed by atoms with Gasteiger partial charge >= 0.3 is 0 Å². The van der Waals surface area contributed by atoms with Crippen LogP contribution in [-0.4, -0.2) is 18.0 Å². The summed E-state index contributed by atoms with van der Waals surface area (Å²) < 4.78 is 5.32. The second-order valence-corrected chi connectivity index (χ2v) is 5.43. The van der Waals surface area contributed by atoms with Crippen molar-refractivity contribution < 1.29 is 14.4 Å². The molecule has 0 aliphatic heterocycles. The van der Waals surface area contributed by atoms with E-state index in [-0.39, 0.29) is 12.5 Å². The number of amides is 1. The highest BCUT2D eigenvalue weighted by molar-refractivity contribution is 5.98. The lowest BCUT2D eigenvalue weighted by molar-refractivity contribution is 0.0234. The minimum Gasteiger partial charge on any atom is -0.495 e. The highest BCUT2D eigenvalue weighted by Gasteiger charge is 2.14. The molecule has 0 atom stereocenters. The molecule has 6 heteroatoms. The average molecular weight is 349 g/mol. The van der Waals surface area contributed by atoms with Crippen LogP contribution in [-0.2, 0) is 11.4 Å². The Morgan fingerprint density at radius 2 is 1.77 bits per heavy atom. The quantitative estimate of drug-likeness (QED) is 0.637. The van der Waals surface area contributed by atoms with E-state index in [4.69, 9.17) is 9.57 Å². The van der Waals surface area contributed by atoms with Gasteiger partial charge in [-0.25, -0.2) is 10.5 Å². The summed E-state index contributed by atoms with van der Waals surface area (Å²) in [5.41, 5.74) is 4.50. The number of pyridine rings is 1. The first-order chi connectivity index (χ1) is 12.8. The van der Waals surface area contributed by atoms with E-state index in [1.165, 1.54) is 0 Å². The fraction of sp³-hybridized carbons (Fsp3) is 0.100. The van der Waals surface area contributed by atoms with E-state index < -0.39 is 0 Å². The van der Waals surface area contributed by atoms with Gasteiger partial charge in [-0.2, -0.15) is 0 Å². The van der Waals surface area contributed by atoms with Gasteiger partial charge in [0.05, 0.1) is 25.0 Å². The van der Waals surface area contributed by atoms with Crippen LogP contribution in [0.5, 0.6) is 5.75 Å². The Labute approximate surface area is 151 Å². The standard InChI is InChI=1S/C20H19N3O3/c1-25-18-12-6-5-11-17(18)22-19-16(10-7-13-21-19)20(24)23-26-14-15-8-3-2-4-9-15/h2-13H,14H2,1H3,(H,21,22)(H,23,24). The SMILES string of the molecule is COc1ccccc1Nc1ncccc1C(=O)NOCc1ccccc1. The van der Waals surface area contributed by atoms with Gasteiger partial charge in [-0.05, 0) is 29.8 Å². The molecule has 0 saturated carbocycles. The Balaban J connectivity index is 1.69. The summed E-state index contributed by atoms with van der Waals surface area (Å²) >= 11 is 0. The number of hydroxylamine groups is 1. The second-order valence-electron chi connectivity index (χ2n) is 5.43. The van der Waals surface area contributed by atoms with Crippen molar-refractivity contribution in [3.8, 4) is 5.75 Å². The molecule has 26 heavy (non-hydrogen) atoms. The van der Waals surface area contributed by atoms with E-state index in [0.29, 0.717) is 22.8 Å². The monoisotopic (exact) mass is 349 g/mol. The first-order valence-corrected chi connectivity index (χ1v) is 8.09. The summed E-state index contributed by atoms with van der Waals surface area (Å²) in [5.74, 6) is 0.689. The third kappa shape index (κ3) is 4.37. The minimum absolute atomic E-state index is 0.280. The van der Waals surface area contributed by atoms with Gasteiger partial charge in [0.1, 0.15) is 11.6 Å². The first kappa shape index (κ1) is 17.4. The van der Waals surface area contributed by atoms with Crippen LogP contribution < -0.4 is 15.5 Å². The Bertz CT molecular complexity index is 869. The smallest absolute Gasteiger partial charge is 0.278 e. The predicted molar refractivity (Wildman–Crippen MR) is 99.2 cm³/mol. The predicted octanol–water partition coefficient (Wildman–Crippen LogP) is 3.70. The molecule has 3 rings (SSSR count). The lowest BCUT2D eigenvalue weighted by Crippen LogP contribution is -2.24. The molecule has 132 valence electrons. The summed E-state index contributed by atoms with van der Waals surface area (Å²) in [6, 6.07) is 20.4. The molecule has 6 nitrogen and oxygen atoms in total. The molecule has 3 aromatic rings. The Hall–Kier alpha value is -3.38. The first-order valence-electron chi connectivity index (χ1n) is 8.09. The average Bonchev–Trinajstić information content (AvgIpc) is 2.69. The molecule has 1 heterocycles. The molecule has 0 radical (unpaired) electrons. The van der Waals surface area contributed by atoms with Crippen molar-refractivity contribution in [1.82, 2.24) is 10.5 Å². The topological polar surface area (TPSA) is 72.5 Å². The molecule has 0 bridgehead atoms. The van der Waals surface area contributed by atoms with E-state index in [9.17, 15) is 4.79 Å². The van der Waals surface area contributed by atoms with Gasteiger partial charge in [-0.1, -0.05) is 42.5 Å². The number of nitrogens with zero attached hydrogens (tertiary/aromatic N) is 1. The normalized spacial score (nSPS) is 10.2. The lowest BCUT2D eigenvalue weighted by Gasteiger charge is -2.13. The van der Waals surface area contributed by atoms with E-state index in [0.717, 1.165) is 5.56 Å². The van der Waals surface area contributed by atoms with Gasteiger partial charge in [0, 0.05) is 6.20 Å². The van der Waals surface area contributed by atoms with Crippen LogP contribution in [0.2, 0.25) is 0 Å². The third-order valence-electron chi connectivity index (χ3n) is 3.66. The van der Waals surface area contributed by atoms with Crippen molar-refractivity contribution in [2.75, 3.05) is 12.4 Å². The number of nitrogens with one attached hydrogen (secondary N) is 2. The summed E-state index contributed by atoms with van der Waals surface area (Å²) in [6.07, 6.45) is 1.61. The van der Waals surface area contributed by atoms with Crippen molar-refractivity contribution in [1.29, 1.82) is 0 Å². The maximum absolute atomic E-state index is 12.5. The Morgan fingerprint density at radius 3 is 2.58 bits per heavy atom. The molecule has 0 fully saturated rings. The summed E-state index contributed by atoms with van der Waals surface area (Å²) in [4.78, 5) is 22.0. The number of carbonyl (C=O) groups is 1. The van der Waals surface area contributed by atoms with Crippen LogP contribution in [0, 0.1) is 0 Å². The summed E-state index contributed by atoms with van der Waals surface area (Å²) in [5, 5.41) is 3.13. The van der Waals surface area contributed by atoms with E-state index >= 15 is 0 Å². The maximum atomic E-state index is 12.5. The molecule has 0 aliphatic carbocycles. The van der Waals surface area contributed by atoms with Gasteiger partial charge < -0.3 is 10.1 Å². The zero-order valence-corrected chi connectivity index (χ0v) is 14.3. The van der Waals surface area contributed by atoms with Crippen LogP contribution in [0.4, 0.5) is 11.5 Å². The van der Waals surface area contributed by atoms with E-state index in [1.54, 1.807) is 25.4 Å². The van der Waals surface area contributed by atoms with Crippen LogP contribution in [0.25, 0.3) is 0 Å². The van der Waals surface area contributed by atoms with Crippen molar-refractivity contribution in [3.05, 3.63) is 84.1 Å². The van der Waals surface area contributed by atoms with E-state index in [1.807, 2.05) is 54.6 Å². The lowest BCUT2D eigenvalue weighted by atomic mass is 10.2. The van der Waals surface area contributed by atoms with Gasteiger partial charge in [-0.3, -0.25) is 9.63 Å². The summed E-state index contributed by atoms with van der Waals surface area (Å²) in [7, 11) is 1.59. The van der Waals surface area contributed by atoms with Gasteiger partial charge in [0.15, 0.2) is 0 Å². The molecule has 2 N–H and O–H groups in total. The van der Waals surface area contributed by atoms with Crippen LogP contribution >= 0.6 is 0 Å². The minimum atomic E-state index is -0.383. The molecule has 1 aromatic heterocycles. The summed E-state index contributed by atoms with van der Waals surface area (Å²) in [6.45, 7) is 0.280. The number of hydrogen-bond acceptors (Lipinski definition) is 5. The van der Waals surface area contributed by atoms with Crippen LogP contribution in [0.15, 0.2) is 72.9 Å². The molecule has 0 saturated heterocycles. The fourth-order valence-corrected chi connectivity index (χ4v) is 2.38. The molecule has 0 unspecified atom stereocenters. The molecule has 0 aliphatic rings. The van der Waals surface area contributed by atoms with E-state index in [2.05, 4.69) is 15.8 Å². The molecule has 2 aromatic carbocycles. The van der Waals surface area contributed by atoms with Crippen molar-refractivity contribution in [3.63, 3.8) is 0 Å². The van der Waals surface area contributed by atoms with Gasteiger partial charge in [0.2, 0.25) is 0 Å². The van der Waals surface area contributed by atoms with Gasteiger partial charge in [0.25, 0.3) is 5.91 Å². The van der Waals surface area contributed by atoms with Crippen LogP contribution in [0.1, 0.15) is 15.9 Å². The maximum Gasteiger partial charge on any atom is 0.278 e. The highest BCUT2D eigenvalue weighted by atomic mass is 16.6. The number of para-hydroxylation sites is 2. The number of rotatable bonds is 7. The fourth-order valence-electron chi connectivity index (χ4n) is 2.38. The number of benzene rings is 2. The van der Waals surface area contributed by atoms with Crippen molar-refractivity contribution in [2.45, 2.75) is 6.61 Å². The number of aromatic nitrogens is 1. The number of anilines is 2. The Kier molecular flexibility index (Phi) is 5.80. The van der Waals surface area contributed by atoms with Gasteiger partial charge in [-0.15, -0.1) is 0 Å². The highest BCUT2D eigenvalue weighted by Crippen LogP contribution is 2.27. The number of methoxy groups -OCH3 is 1. The molecular weight excluding hydrogens is 330 g/mol. The second kappa shape index (κ2) is 8.64. The largest absolute Gasteiger partial charge is 0.495 e. The molecule has 1 amide bonds. The zero-order valence-electron chi connectivity index (χ0n) is 14.3. The van der Waals surface area contributed by atoms with Crippen LogP contribution in [0.3, 0.4) is 0 Å². The third-order valence-corrected chi connectivity index (χ3v) is 3.66. The zero-order chi connectivity index (χ0) is 18.2. The molecular formula is C20H19N3O3. The Morgan fingerprint density at radius 1 is 1.00 bits per heavy atom. The van der Waals surface area contributed by atoms with Crippen molar-refractivity contribution in [2.24, 2.45) is 0 Å². The number of hydrogen-bond donors (Lipinski definition) is 2. The number of carbonyl (C=O) groups excluding carboxylic acids is 1.